The lowest BCUT2D eigenvalue weighted by Gasteiger charge is -2.34. The van der Waals surface area contributed by atoms with E-state index in [0.717, 1.165) is 18.5 Å². The summed E-state index contributed by atoms with van der Waals surface area (Å²) >= 11 is 0. The number of benzene rings is 1. The van der Waals surface area contributed by atoms with E-state index in [1.807, 2.05) is 46.7 Å². The summed E-state index contributed by atoms with van der Waals surface area (Å²) in [5.74, 6) is -0.741. The van der Waals surface area contributed by atoms with Crippen LogP contribution in [0.2, 0.25) is 0 Å². The van der Waals surface area contributed by atoms with Crippen LogP contribution in [0.5, 0.6) is 11.5 Å². The minimum Gasteiger partial charge on any atom is -0.504 e. The van der Waals surface area contributed by atoms with Crippen LogP contribution in [0.25, 0.3) is 0 Å². The first-order valence-electron chi connectivity index (χ1n) is 10.5. The Labute approximate surface area is 180 Å². The van der Waals surface area contributed by atoms with E-state index in [1.54, 1.807) is 6.07 Å². The average molecular weight is 423 g/mol. The van der Waals surface area contributed by atoms with Crippen molar-refractivity contribution in [2.45, 2.75) is 53.4 Å². The zero-order chi connectivity index (χ0) is 22.9. The van der Waals surface area contributed by atoms with Crippen LogP contribution in [-0.4, -0.2) is 60.8 Å². The average Bonchev–Trinajstić information content (AvgIpc) is 2.67. The van der Waals surface area contributed by atoms with E-state index in [0.29, 0.717) is 32.4 Å². The molecule has 7 heteroatoms. The maximum Gasteiger partial charge on any atom is 0.311 e. The third kappa shape index (κ3) is 7.86. The zero-order valence-electron chi connectivity index (χ0n) is 19.2. The Hall–Kier alpha value is -2.28. The summed E-state index contributed by atoms with van der Waals surface area (Å²) in [4.78, 5) is 27.5. The maximum absolute atomic E-state index is 12.9. The monoisotopic (exact) mass is 422 g/mol. The van der Waals surface area contributed by atoms with E-state index in [1.165, 1.54) is 12.1 Å². The number of rotatable bonds is 12. The van der Waals surface area contributed by atoms with Crippen molar-refractivity contribution in [2.24, 2.45) is 10.8 Å². The number of nitrogens with one attached hydrogen (secondary N) is 1. The molecular weight excluding hydrogens is 384 g/mol. The topological polar surface area (TPSA) is 99.1 Å². The maximum atomic E-state index is 12.9. The SMILES string of the molecule is CCC(C)(CC(C)(C)C(=O)OCCCN(C)C)C(=O)NCCc1ccc(O)c(O)c1. The fourth-order valence-electron chi connectivity index (χ4n) is 3.41. The molecule has 0 aromatic heterocycles. The molecule has 1 atom stereocenters. The molecule has 0 saturated heterocycles. The van der Waals surface area contributed by atoms with Crippen molar-refractivity contribution in [3.05, 3.63) is 23.8 Å². The van der Waals surface area contributed by atoms with Crippen LogP contribution in [0.4, 0.5) is 0 Å². The van der Waals surface area contributed by atoms with Crippen LogP contribution >= 0.6 is 0 Å². The number of amides is 1. The summed E-state index contributed by atoms with van der Waals surface area (Å²) in [6, 6.07) is 4.61. The largest absolute Gasteiger partial charge is 0.504 e. The van der Waals surface area contributed by atoms with Crippen molar-refractivity contribution in [1.29, 1.82) is 0 Å². The normalized spacial score (nSPS) is 13.7. The summed E-state index contributed by atoms with van der Waals surface area (Å²) in [6.45, 7) is 9.07. The fraction of sp³-hybridized carbons (Fsp3) is 0.652. The molecule has 1 aromatic carbocycles. The van der Waals surface area contributed by atoms with Gasteiger partial charge < -0.3 is 25.2 Å². The molecule has 30 heavy (non-hydrogen) atoms. The third-order valence-corrected chi connectivity index (χ3v) is 5.44. The predicted octanol–water partition coefficient (Wildman–Crippen LogP) is 3.08. The van der Waals surface area contributed by atoms with Gasteiger partial charge >= 0.3 is 5.97 Å². The van der Waals surface area contributed by atoms with Crippen molar-refractivity contribution in [1.82, 2.24) is 10.2 Å². The van der Waals surface area contributed by atoms with Gasteiger partial charge in [-0.1, -0.05) is 19.9 Å². The van der Waals surface area contributed by atoms with E-state index in [9.17, 15) is 19.8 Å². The van der Waals surface area contributed by atoms with Gasteiger partial charge in [-0.2, -0.15) is 0 Å². The molecule has 3 N–H and O–H groups in total. The van der Waals surface area contributed by atoms with Crippen LogP contribution in [0.1, 0.15) is 52.5 Å². The Morgan fingerprint density at radius 1 is 1.13 bits per heavy atom. The number of phenols is 2. The summed E-state index contributed by atoms with van der Waals surface area (Å²) in [5.41, 5.74) is -0.669. The first kappa shape index (κ1) is 25.8. The van der Waals surface area contributed by atoms with Crippen molar-refractivity contribution in [3.8, 4) is 11.5 Å². The number of hydrogen-bond donors (Lipinski definition) is 3. The second-order valence-corrected chi connectivity index (χ2v) is 9.10. The van der Waals surface area contributed by atoms with Gasteiger partial charge in [0, 0.05) is 18.5 Å². The molecule has 0 bridgehead atoms. The summed E-state index contributed by atoms with van der Waals surface area (Å²) in [7, 11) is 3.95. The van der Waals surface area contributed by atoms with Gasteiger partial charge in [-0.15, -0.1) is 0 Å². The highest BCUT2D eigenvalue weighted by Crippen LogP contribution is 2.37. The van der Waals surface area contributed by atoms with E-state index in [4.69, 9.17) is 4.74 Å². The van der Waals surface area contributed by atoms with Gasteiger partial charge in [-0.3, -0.25) is 9.59 Å². The molecule has 1 aromatic rings. The van der Waals surface area contributed by atoms with Crippen LogP contribution in [0, 0.1) is 10.8 Å². The Balaban J connectivity index is 2.61. The number of hydrogen-bond acceptors (Lipinski definition) is 6. The number of carbonyl (C=O) groups excluding carboxylic acids is 2. The van der Waals surface area contributed by atoms with Gasteiger partial charge in [0.05, 0.1) is 12.0 Å². The van der Waals surface area contributed by atoms with Gasteiger partial charge in [0.1, 0.15) is 0 Å². The van der Waals surface area contributed by atoms with Crippen LogP contribution < -0.4 is 5.32 Å². The van der Waals surface area contributed by atoms with Gasteiger partial charge in [0.25, 0.3) is 0 Å². The van der Waals surface area contributed by atoms with Crippen LogP contribution in [0.15, 0.2) is 18.2 Å². The lowest BCUT2D eigenvalue weighted by Crippen LogP contribution is -2.44. The second-order valence-electron chi connectivity index (χ2n) is 9.10. The number of esters is 1. The highest BCUT2D eigenvalue weighted by molar-refractivity contribution is 5.84. The molecule has 1 amide bonds. The first-order chi connectivity index (χ1) is 13.9. The minimum atomic E-state index is -0.775. The van der Waals surface area contributed by atoms with E-state index >= 15 is 0 Å². The first-order valence-corrected chi connectivity index (χ1v) is 10.5. The standard InChI is InChI=1S/C23H38N2O5/c1-7-23(4,16-22(2,3)21(29)30-14-8-13-25(5)6)20(28)24-12-11-17-9-10-18(26)19(27)15-17/h9-10,15,26-27H,7-8,11-14,16H2,1-6H3,(H,24,28). The van der Waals surface area contributed by atoms with Crippen molar-refractivity contribution >= 4 is 11.9 Å². The van der Waals surface area contributed by atoms with Gasteiger partial charge in [0.2, 0.25) is 5.91 Å². The molecule has 170 valence electrons. The Morgan fingerprint density at radius 3 is 2.37 bits per heavy atom. The molecule has 0 saturated carbocycles. The molecule has 0 aliphatic rings. The molecule has 0 radical (unpaired) electrons. The van der Waals surface area contributed by atoms with E-state index < -0.39 is 10.8 Å². The number of aromatic hydroxyl groups is 2. The van der Waals surface area contributed by atoms with Crippen LogP contribution in [0.3, 0.4) is 0 Å². The Bertz CT molecular complexity index is 718. The Kier molecular flexibility index (Phi) is 9.62. The van der Waals surface area contributed by atoms with Crippen molar-refractivity contribution in [3.63, 3.8) is 0 Å². The fourth-order valence-corrected chi connectivity index (χ4v) is 3.41. The summed E-state index contributed by atoms with van der Waals surface area (Å²) < 4.78 is 5.45. The minimum absolute atomic E-state index is 0.110. The summed E-state index contributed by atoms with van der Waals surface area (Å²) in [6.07, 6.45) is 2.27. The highest BCUT2D eigenvalue weighted by atomic mass is 16.5. The molecule has 0 spiro atoms. The molecule has 1 rings (SSSR count). The molecule has 0 fully saturated rings. The molecule has 0 aliphatic heterocycles. The van der Waals surface area contributed by atoms with Crippen LogP contribution in [-0.2, 0) is 20.7 Å². The van der Waals surface area contributed by atoms with Gasteiger partial charge in [-0.05, 0) is 71.3 Å². The smallest absolute Gasteiger partial charge is 0.311 e. The number of nitrogens with zero attached hydrogens (tertiary/aromatic N) is 1. The Morgan fingerprint density at radius 2 is 1.80 bits per heavy atom. The molecule has 0 heterocycles. The third-order valence-electron chi connectivity index (χ3n) is 5.44. The van der Waals surface area contributed by atoms with Gasteiger partial charge in [-0.25, -0.2) is 0 Å². The summed E-state index contributed by atoms with van der Waals surface area (Å²) in [5, 5.41) is 21.9. The van der Waals surface area contributed by atoms with Crippen molar-refractivity contribution in [2.75, 3.05) is 33.8 Å². The molecule has 0 aliphatic carbocycles. The second kappa shape index (κ2) is 11.2. The number of phenolic OH excluding ortho intramolecular Hbond substituents is 2. The highest BCUT2D eigenvalue weighted by Gasteiger charge is 2.41. The molecular formula is C23H38N2O5. The quantitative estimate of drug-likeness (QED) is 0.272. The van der Waals surface area contributed by atoms with Gasteiger partial charge in [0.15, 0.2) is 11.5 Å². The lowest BCUT2D eigenvalue weighted by atomic mass is 9.72. The number of carbonyl (C=O) groups is 2. The number of ether oxygens (including phenoxy) is 1. The molecule has 7 nitrogen and oxygen atoms in total. The van der Waals surface area contributed by atoms with E-state index in [-0.39, 0.29) is 23.4 Å². The van der Waals surface area contributed by atoms with E-state index in [2.05, 4.69) is 5.32 Å². The zero-order valence-corrected chi connectivity index (χ0v) is 19.2. The predicted molar refractivity (Wildman–Crippen MR) is 117 cm³/mol. The lowest BCUT2D eigenvalue weighted by molar-refractivity contribution is -0.157. The van der Waals surface area contributed by atoms with Crippen molar-refractivity contribution < 1.29 is 24.5 Å². The molecule has 1 unspecified atom stereocenters.